The van der Waals surface area contributed by atoms with Gasteiger partial charge in [-0.1, -0.05) is 13.0 Å². The van der Waals surface area contributed by atoms with Crippen molar-refractivity contribution < 1.29 is 9.59 Å². The summed E-state index contributed by atoms with van der Waals surface area (Å²) in [5.41, 5.74) is 0.978. The fourth-order valence-corrected chi connectivity index (χ4v) is 3.21. The molecule has 0 saturated carbocycles. The van der Waals surface area contributed by atoms with Crippen molar-refractivity contribution in [3.63, 3.8) is 0 Å². The Balaban J connectivity index is 2.11. The molecule has 2 saturated heterocycles. The third-order valence-electron chi connectivity index (χ3n) is 4.64. The fraction of sp³-hybridized carbons (Fsp3) is 0.667. The van der Waals surface area contributed by atoms with Gasteiger partial charge in [-0.15, -0.1) is 0 Å². The normalized spacial score (nSPS) is 20.5. The average molecular weight is 334 g/mol. The first-order valence-corrected chi connectivity index (χ1v) is 8.93. The molecule has 0 aromatic heterocycles. The van der Waals surface area contributed by atoms with Gasteiger partial charge < -0.3 is 10.6 Å². The monoisotopic (exact) mass is 334 g/mol. The molecule has 6 heteroatoms. The summed E-state index contributed by atoms with van der Waals surface area (Å²) >= 11 is 0. The Kier molecular flexibility index (Phi) is 6.99. The third-order valence-corrected chi connectivity index (χ3v) is 4.64. The largest absolute Gasteiger partial charge is 0.328 e. The Morgan fingerprint density at radius 2 is 1.79 bits per heavy atom. The number of rotatable bonds is 5. The van der Waals surface area contributed by atoms with Crippen LogP contribution in [0.25, 0.3) is 0 Å². The highest BCUT2D eigenvalue weighted by Crippen LogP contribution is 2.21. The summed E-state index contributed by atoms with van der Waals surface area (Å²) in [6.07, 6.45) is 6.93. The molecule has 2 heterocycles. The highest BCUT2D eigenvalue weighted by Gasteiger charge is 2.31. The Labute approximate surface area is 144 Å². The number of amides is 2. The average Bonchev–Trinajstić information content (AvgIpc) is 2.61. The molecular weight excluding hydrogens is 304 g/mol. The van der Waals surface area contributed by atoms with Gasteiger partial charge in [-0.05, 0) is 52.6 Å². The van der Waals surface area contributed by atoms with Crippen LogP contribution in [0, 0.1) is 0 Å². The molecule has 0 aromatic carbocycles. The number of hydrogen-bond donors (Lipinski definition) is 2. The number of carbonyl (C=O) groups excluding carboxylic acids is 2. The lowest BCUT2D eigenvalue weighted by molar-refractivity contribution is -0.154. The highest BCUT2D eigenvalue weighted by molar-refractivity contribution is 5.96. The molecule has 0 atom stereocenters. The second-order valence-electron chi connectivity index (χ2n) is 6.73. The van der Waals surface area contributed by atoms with E-state index in [9.17, 15) is 9.59 Å². The number of nitrogens with zero attached hydrogens (tertiary/aromatic N) is 2. The first kappa shape index (κ1) is 18.7. The molecule has 0 spiro atoms. The van der Waals surface area contributed by atoms with E-state index in [2.05, 4.69) is 22.2 Å². The van der Waals surface area contributed by atoms with Crippen molar-refractivity contribution in [2.24, 2.45) is 0 Å². The maximum absolute atomic E-state index is 13.0. The Morgan fingerprint density at radius 1 is 1.17 bits per heavy atom. The molecular formula is C18H30N4O2. The maximum Gasteiger partial charge on any atom is 0.265 e. The van der Waals surface area contributed by atoms with Crippen LogP contribution in [0.5, 0.6) is 0 Å². The van der Waals surface area contributed by atoms with E-state index in [1.165, 1.54) is 12.6 Å². The number of hydrogen-bond acceptors (Lipinski definition) is 4. The van der Waals surface area contributed by atoms with Crippen molar-refractivity contribution in [1.82, 2.24) is 20.7 Å². The number of nitrogens with one attached hydrogen (secondary N) is 2. The molecule has 2 aliphatic rings. The molecule has 0 aromatic rings. The van der Waals surface area contributed by atoms with E-state index in [1.54, 1.807) is 13.8 Å². The summed E-state index contributed by atoms with van der Waals surface area (Å²) in [6.45, 7) is 10.8. The summed E-state index contributed by atoms with van der Waals surface area (Å²) in [5, 5.41) is 10.2. The minimum atomic E-state index is -0.256. The van der Waals surface area contributed by atoms with Crippen LogP contribution in [-0.2, 0) is 9.59 Å². The molecule has 0 bridgehead atoms. The van der Waals surface area contributed by atoms with Crippen LogP contribution in [0.4, 0.5) is 0 Å². The predicted molar refractivity (Wildman–Crippen MR) is 94.9 cm³/mol. The van der Waals surface area contributed by atoms with E-state index in [-0.39, 0.29) is 17.9 Å². The lowest BCUT2D eigenvalue weighted by atomic mass is 10.0. The van der Waals surface area contributed by atoms with Crippen molar-refractivity contribution in [2.75, 3.05) is 26.2 Å². The molecule has 0 aliphatic carbocycles. The molecule has 134 valence electrons. The lowest BCUT2D eigenvalue weighted by Crippen LogP contribution is -2.56. The Bertz CT molecular complexity index is 485. The summed E-state index contributed by atoms with van der Waals surface area (Å²) in [7, 11) is 0. The van der Waals surface area contributed by atoms with Crippen molar-refractivity contribution in [3.05, 3.63) is 23.9 Å². The molecule has 6 nitrogen and oxygen atoms in total. The topological polar surface area (TPSA) is 64.7 Å². The van der Waals surface area contributed by atoms with Crippen LogP contribution in [0.3, 0.4) is 0 Å². The lowest BCUT2D eigenvalue weighted by Gasteiger charge is -2.43. The predicted octanol–water partition coefficient (Wildman–Crippen LogP) is 1.56. The molecule has 2 N–H and O–H groups in total. The minimum absolute atomic E-state index is 0.00850. The van der Waals surface area contributed by atoms with Crippen molar-refractivity contribution in [2.45, 2.75) is 52.0 Å². The molecule has 0 unspecified atom stereocenters. The van der Waals surface area contributed by atoms with Gasteiger partial charge in [0.2, 0.25) is 5.91 Å². The fourth-order valence-electron chi connectivity index (χ4n) is 3.21. The first-order chi connectivity index (χ1) is 11.5. The van der Waals surface area contributed by atoms with E-state index in [1.807, 2.05) is 5.01 Å². The molecule has 2 fully saturated rings. The van der Waals surface area contributed by atoms with Gasteiger partial charge in [0.05, 0.1) is 6.04 Å². The number of hydrazine groups is 1. The Morgan fingerprint density at radius 3 is 2.38 bits per heavy atom. The van der Waals surface area contributed by atoms with E-state index in [0.29, 0.717) is 11.1 Å². The van der Waals surface area contributed by atoms with E-state index < -0.39 is 0 Å². The van der Waals surface area contributed by atoms with Gasteiger partial charge >= 0.3 is 0 Å². The standard InChI is InChI=1S/C18H30N4O2/c1-14(2)17(23)20-13-15(3)18(24)22(16-7-9-19-10-8-16)21-11-5-4-6-12-21/h13,16,19H,1,4-12H2,2-3H3,(H,20,23). The van der Waals surface area contributed by atoms with E-state index >= 15 is 0 Å². The highest BCUT2D eigenvalue weighted by atomic mass is 16.2. The van der Waals surface area contributed by atoms with E-state index in [0.717, 1.165) is 51.9 Å². The first-order valence-electron chi connectivity index (χ1n) is 8.93. The van der Waals surface area contributed by atoms with Gasteiger partial charge in [0.15, 0.2) is 0 Å². The maximum atomic E-state index is 13.0. The van der Waals surface area contributed by atoms with Crippen LogP contribution >= 0.6 is 0 Å². The van der Waals surface area contributed by atoms with Crippen LogP contribution < -0.4 is 10.6 Å². The van der Waals surface area contributed by atoms with Crippen LogP contribution in [0.2, 0.25) is 0 Å². The zero-order valence-electron chi connectivity index (χ0n) is 14.9. The summed E-state index contributed by atoms with van der Waals surface area (Å²) in [4.78, 5) is 24.7. The van der Waals surface area contributed by atoms with Crippen molar-refractivity contribution in [1.29, 1.82) is 0 Å². The number of piperidine rings is 2. The van der Waals surface area contributed by atoms with E-state index in [4.69, 9.17) is 0 Å². The zero-order valence-corrected chi connectivity index (χ0v) is 14.9. The van der Waals surface area contributed by atoms with Gasteiger partial charge in [0, 0.05) is 30.4 Å². The van der Waals surface area contributed by atoms with Gasteiger partial charge in [-0.2, -0.15) is 0 Å². The summed E-state index contributed by atoms with van der Waals surface area (Å²) in [6, 6.07) is 0.233. The number of carbonyl (C=O) groups is 2. The summed E-state index contributed by atoms with van der Waals surface area (Å²) in [5.74, 6) is -0.264. The van der Waals surface area contributed by atoms with Gasteiger partial charge in [-0.3, -0.25) is 14.6 Å². The quantitative estimate of drug-likeness (QED) is 0.749. The van der Waals surface area contributed by atoms with Crippen LogP contribution in [0.1, 0.15) is 46.0 Å². The van der Waals surface area contributed by atoms with Gasteiger partial charge in [0.1, 0.15) is 0 Å². The second kappa shape index (κ2) is 8.99. The smallest absolute Gasteiger partial charge is 0.265 e. The third kappa shape index (κ3) is 4.92. The summed E-state index contributed by atoms with van der Waals surface area (Å²) < 4.78 is 0. The molecule has 2 aliphatic heterocycles. The van der Waals surface area contributed by atoms with Gasteiger partial charge in [0.25, 0.3) is 5.91 Å². The van der Waals surface area contributed by atoms with Gasteiger partial charge in [-0.25, -0.2) is 5.01 Å². The molecule has 0 radical (unpaired) electrons. The van der Waals surface area contributed by atoms with Crippen LogP contribution in [-0.4, -0.2) is 54.1 Å². The van der Waals surface area contributed by atoms with Crippen molar-refractivity contribution >= 4 is 11.8 Å². The van der Waals surface area contributed by atoms with Crippen molar-refractivity contribution in [3.8, 4) is 0 Å². The second-order valence-corrected chi connectivity index (χ2v) is 6.73. The minimum Gasteiger partial charge on any atom is -0.328 e. The molecule has 2 amide bonds. The zero-order chi connectivity index (χ0) is 17.5. The SMILES string of the molecule is C=C(C)C(=O)NC=C(C)C(=O)N(C1CCNCC1)N1CCCCC1. The Hall–Kier alpha value is -1.66. The van der Waals surface area contributed by atoms with Crippen LogP contribution in [0.15, 0.2) is 23.9 Å². The molecule has 2 rings (SSSR count). The molecule has 24 heavy (non-hydrogen) atoms.